The van der Waals surface area contributed by atoms with Gasteiger partial charge in [0.05, 0.1) is 38.2 Å². The lowest BCUT2D eigenvalue weighted by Gasteiger charge is -2.54. The second-order valence-corrected chi connectivity index (χ2v) is 10.6. The van der Waals surface area contributed by atoms with E-state index in [1.54, 1.807) is 0 Å². The minimum atomic E-state index is -1.62. The van der Waals surface area contributed by atoms with Gasteiger partial charge < -0.3 is 49.5 Å². The van der Waals surface area contributed by atoms with Crippen LogP contribution in [0.1, 0.15) is 23.7 Å². The Balaban J connectivity index is 1.35. The zero-order valence-corrected chi connectivity index (χ0v) is 21.4. The molecule has 212 valence electrons. The molecule has 6 rings (SSSR count). The summed E-state index contributed by atoms with van der Waals surface area (Å²) in [5, 5.41) is 52.4. The molecule has 1 aromatic carbocycles. The van der Waals surface area contributed by atoms with E-state index >= 15 is 0 Å². The number of nitrogens with zero attached hydrogens (tertiary/aromatic N) is 1. The number of esters is 1. The van der Waals surface area contributed by atoms with E-state index in [1.807, 2.05) is 18.2 Å². The van der Waals surface area contributed by atoms with Crippen molar-refractivity contribution in [1.82, 2.24) is 9.88 Å². The highest BCUT2D eigenvalue weighted by atomic mass is 16.8. The highest BCUT2D eigenvalue weighted by molar-refractivity contribution is 5.89. The van der Waals surface area contributed by atoms with Gasteiger partial charge in [-0.3, -0.25) is 4.90 Å². The van der Waals surface area contributed by atoms with E-state index in [9.17, 15) is 30.3 Å². The number of para-hydroxylation sites is 1. The van der Waals surface area contributed by atoms with Crippen molar-refractivity contribution in [3.05, 3.63) is 47.4 Å². The van der Waals surface area contributed by atoms with Gasteiger partial charge in [-0.1, -0.05) is 18.2 Å². The number of hydrogen-bond acceptors (Lipinski definition) is 11. The van der Waals surface area contributed by atoms with Crippen molar-refractivity contribution in [3.63, 3.8) is 0 Å². The Kier molecular flexibility index (Phi) is 7.14. The topological polar surface area (TPSA) is 174 Å². The van der Waals surface area contributed by atoms with Gasteiger partial charge >= 0.3 is 5.97 Å². The summed E-state index contributed by atoms with van der Waals surface area (Å²) in [6, 6.07) is 7.51. The number of aliphatic hydroxyl groups is 5. The quantitative estimate of drug-likeness (QED) is 0.262. The molecule has 0 amide bonds. The third kappa shape index (κ3) is 4.26. The monoisotopic (exact) mass is 546 g/mol. The number of carbonyl (C=O) groups is 1. The molecule has 2 saturated heterocycles. The van der Waals surface area contributed by atoms with Gasteiger partial charge in [0.25, 0.3) is 0 Å². The highest BCUT2D eigenvalue weighted by Crippen LogP contribution is 2.51. The van der Waals surface area contributed by atoms with Crippen LogP contribution in [-0.4, -0.2) is 111 Å². The first-order valence-corrected chi connectivity index (χ1v) is 13.2. The number of aromatic nitrogens is 1. The zero-order valence-electron chi connectivity index (χ0n) is 21.4. The van der Waals surface area contributed by atoms with Crippen LogP contribution in [-0.2, 0) is 30.2 Å². The number of nitrogens with one attached hydrogen (secondary N) is 1. The number of carbonyl (C=O) groups excluding carboxylic acids is 1. The molecule has 0 bridgehead atoms. The smallest absolute Gasteiger partial charge is 0.337 e. The van der Waals surface area contributed by atoms with Crippen molar-refractivity contribution < 1.29 is 49.3 Å². The normalized spacial score (nSPS) is 38.3. The van der Waals surface area contributed by atoms with Crippen LogP contribution >= 0.6 is 0 Å². The number of hydrogen-bond donors (Lipinski definition) is 6. The third-order valence-corrected chi connectivity index (χ3v) is 8.78. The van der Waals surface area contributed by atoms with Crippen molar-refractivity contribution >= 4 is 16.9 Å². The van der Waals surface area contributed by atoms with E-state index < -0.39 is 67.4 Å². The summed E-state index contributed by atoms with van der Waals surface area (Å²) in [5.74, 6) is -1.55. The number of aliphatic hydroxyl groups excluding tert-OH is 5. The molecule has 0 aliphatic carbocycles. The SMILES string of the molecule is COC(=O)C1=COC(OC2OC(CO)C(O)C(O)C2O)[C@@H]2C(CO)N3CCc4c([nH]c5ccccc45)[C@H]3C[C@H]12. The molecule has 0 saturated carbocycles. The Morgan fingerprint density at radius 1 is 1.10 bits per heavy atom. The Bertz CT molecular complexity index is 1250. The molecule has 2 fully saturated rings. The molecule has 39 heavy (non-hydrogen) atoms. The summed E-state index contributed by atoms with van der Waals surface area (Å²) < 4.78 is 22.5. The van der Waals surface area contributed by atoms with E-state index in [-0.39, 0.29) is 12.6 Å². The summed E-state index contributed by atoms with van der Waals surface area (Å²) in [6.45, 7) is -0.187. The van der Waals surface area contributed by atoms with Crippen LogP contribution in [0.3, 0.4) is 0 Å². The summed E-state index contributed by atoms with van der Waals surface area (Å²) in [5.41, 5.74) is 3.64. The van der Waals surface area contributed by atoms with Gasteiger partial charge in [0.2, 0.25) is 6.29 Å². The molecule has 0 radical (unpaired) electrons. The fraction of sp³-hybridized carbons (Fsp3) is 0.593. The highest BCUT2D eigenvalue weighted by Gasteiger charge is 2.55. The molecule has 0 spiro atoms. The average Bonchev–Trinajstić information content (AvgIpc) is 3.35. The summed E-state index contributed by atoms with van der Waals surface area (Å²) in [6.07, 6.45) is -5.86. The van der Waals surface area contributed by atoms with Crippen molar-refractivity contribution in [2.24, 2.45) is 11.8 Å². The average molecular weight is 547 g/mol. The number of ether oxygens (including phenoxy) is 4. The lowest BCUT2D eigenvalue weighted by atomic mass is 9.70. The van der Waals surface area contributed by atoms with E-state index in [2.05, 4.69) is 16.0 Å². The molecule has 1 aromatic heterocycles. The Morgan fingerprint density at radius 3 is 2.64 bits per heavy atom. The Labute approximate surface area is 224 Å². The van der Waals surface area contributed by atoms with Gasteiger partial charge in [-0.2, -0.15) is 0 Å². The Morgan fingerprint density at radius 2 is 1.90 bits per heavy atom. The first-order chi connectivity index (χ1) is 18.9. The van der Waals surface area contributed by atoms with Crippen LogP contribution < -0.4 is 0 Å². The molecule has 12 nitrogen and oxygen atoms in total. The van der Waals surface area contributed by atoms with Crippen molar-refractivity contribution in [2.45, 2.75) is 61.9 Å². The molecule has 12 heteroatoms. The van der Waals surface area contributed by atoms with Crippen LogP contribution in [0.2, 0.25) is 0 Å². The fourth-order valence-electron chi connectivity index (χ4n) is 6.88. The summed E-state index contributed by atoms with van der Waals surface area (Å²) >= 11 is 0. The number of benzene rings is 1. The molecular weight excluding hydrogens is 512 g/mol. The summed E-state index contributed by atoms with van der Waals surface area (Å²) in [7, 11) is 1.30. The maximum Gasteiger partial charge on any atom is 0.337 e. The number of piperidine rings is 1. The predicted molar refractivity (Wildman–Crippen MR) is 134 cm³/mol. The lowest BCUT2D eigenvalue weighted by Crippen LogP contribution is -2.63. The standard InChI is InChI=1S/C27H34N2O10/c1-36-25(35)15-11-37-26(39-27-24(34)23(33)22(32)19(10-31)38-27)20-14(15)8-17-21-13(6-7-29(17)18(20)9-30)12-4-2-3-5-16(12)28-21/h2-5,11,14,17-20,22-24,26-28,30-34H,6-10H2,1H3/t14-,17-,18?,19?,20+,22?,23?,24?,26?,27?/m1/s1. The van der Waals surface area contributed by atoms with Gasteiger partial charge in [-0.15, -0.1) is 0 Å². The molecular formula is C27H34N2O10. The molecule has 10 atom stereocenters. The first kappa shape index (κ1) is 26.7. The van der Waals surface area contributed by atoms with Gasteiger partial charge in [0, 0.05) is 41.0 Å². The van der Waals surface area contributed by atoms with Crippen LogP contribution in [0, 0.1) is 11.8 Å². The van der Waals surface area contributed by atoms with Gasteiger partial charge in [0.1, 0.15) is 24.4 Å². The fourth-order valence-corrected chi connectivity index (χ4v) is 6.88. The number of H-pyrrole nitrogens is 1. The van der Waals surface area contributed by atoms with Crippen LogP contribution in [0.4, 0.5) is 0 Å². The summed E-state index contributed by atoms with van der Waals surface area (Å²) in [4.78, 5) is 18.6. The first-order valence-electron chi connectivity index (χ1n) is 13.2. The van der Waals surface area contributed by atoms with Crippen LogP contribution in [0.25, 0.3) is 10.9 Å². The van der Waals surface area contributed by atoms with Crippen molar-refractivity contribution in [2.75, 3.05) is 26.9 Å². The third-order valence-electron chi connectivity index (χ3n) is 8.78. The van der Waals surface area contributed by atoms with Gasteiger partial charge in [-0.25, -0.2) is 4.79 Å². The lowest BCUT2D eigenvalue weighted by molar-refractivity contribution is -0.346. The van der Waals surface area contributed by atoms with E-state index in [4.69, 9.17) is 18.9 Å². The molecule has 5 heterocycles. The van der Waals surface area contributed by atoms with E-state index in [0.29, 0.717) is 18.5 Å². The van der Waals surface area contributed by atoms with Crippen molar-refractivity contribution in [1.29, 1.82) is 0 Å². The molecule has 4 aliphatic heterocycles. The largest absolute Gasteiger partial charge is 0.471 e. The molecule has 6 N–H and O–H groups in total. The van der Waals surface area contributed by atoms with Crippen molar-refractivity contribution in [3.8, 4) is 0 Å². The number of rotatable bonds is 5. The maximum atomic E-state index is 12.8. The van der Waals surface area contributed by atoms with Crippen LogP contribution in [0.5, 0.6) is 0 Å². The van der Waals surface area contributed by atoms with Crippen LogP contribution in [0.15, 0.2) is 36.1 Å². The number of aromatic amines is 1. The number of methoxy groups -OCH3 is 1. The predicted octanol–water partition coefficient (Wildman–Crippen LogP) is -0.706. The van der Waals surface area contributed by atoms with Gasteiger partial charge in [0.15, 0.2) is 6.29 Å². The van der Waals surface area contributed by atoms with E-state index in [1.165, 1.54) is 18.9 Å². The second-order valence-electron chi connectivity index (χ2n) is 10.6. The number of fused-ring (bicyclic) bond motifs is 6. The second kappa shape index (κ2) is 10.5. The molecule has 7 unspecified atom stereocenters. The zero-order chi connectivity index (χ0) is 27.4. The maximum absolute atomic E-state index is 12.8. The minimum Gasteiger partial charge on any atom is -0.471 e. The van der Waals surface area contributed by atoms with Gasteiger partial charge in [-0.05, 0) is 24.5 Å². The minimum absolute atomic E-state index is 0.112. The molecule has 4 aliphatic rings. The molecule has 2 aromatic rings. The Hall–Kier alpha value is -2.55. The van der Waals surface area contributed by atoms with E-state index in [0.717, 1.165) is 23.0 Å².